The van der Waals surface area contributed by atoms with Crippen molar-refractivity contribution in [3.8, 4) is 6.07 Å². The standard InChI is InChI=1S/C23H23FN8O/c1-32(18-5-7-26-8-6-18)20-10-21(31-22-14-27-17(11-25)12-28-22)29-13-19(20)23(33)30-16-4-2-3-15(24)9-16/h2-4,9-10,12-14,18,26H,5-8H2,1H3,(H,30,33)(H,28,29,31). The Labute approximate surface area is 190 Å². The lowest BCUT2D eigenvalue weighted by molar-refractivity contribution is 0.102. The van der Waals surface area contributed by atoms with E-state index in [1.165, 1.54) is 36.8 Å². The first-order valence-electron chi connectivity index (χ1n) is 10.5. The normalized spacial score (nSPS) is 13.7. The molecule has 1 aliphatic rings. The lowest BCUT2D eigenvalue weighted by Crippen LogP contribution is -2.41. The van der Waals surface area contributed by atoms with E-state index in [2.05, 4.69) is 35.8 Å². The molecule has 0 unspecified atom stereocenters. The van der Waals surface area contributed by atoms with Gasteiger partial charge in [0.05, 0.1) is 23.6 Å². The number of carbonyl (C=O) groups is 1. The fraction of sp³-hybridized carbons (Fsp3) is 0.261. The summed E-state index contributed by atoms with van der Waals surface area (Å²) in [5.41, 5.74) is 1.64. The number of piperidine rings is 1. The van der Waals surface area contributed by atoms with E-state index in [4.69, 9.17) is 5.26 Å². The molecule has 0 radical (unpaired) electrons. The molecule has 0 saturated carbocycles. The van der Waals surface area contributed by atoms with E-state index in [9.17, 15) is 9.18 Å². The maximum absolute atomic E-state index is 13.6. The zero-order chi connectivity index (χ0) is 23.2. The summed E-state index contributed by atoms with van der Waals surface area (Å²) in [4.78, 5) is 27.7. The number of carbonyl (C=O) groups excluding carboxylic acids is 1. The minimum absolute atomic E-state index is 0.212. The number of rotatable bonds is 6. The molecule has 10 heteroatoms. The number of benzene rings is 1. The highest BCUT2D eigenvalue weighted by atomic mass is 19.1. The molecule has 0 aliphatic carbocycles. The van der Waals surface area contributed by atoms with Gasteiger partial charge in [-0.2, -0.15) is 5.26 Å². The number of nitriles is 1. The monoisotopic (exact) mass is 446 g/mol. The van der Waals surface area contributed by atoms with E-state index >= 15 is 0 Å². The molecule has 3 N–H and O–H groups in total. The van der Waals surface area contributed by atoms with Crippen LogP contribution in [0, 0.1) is 17.1 Å². The van der Waals surface area contributed by atoms with Crippen LogP contribution < -0.4 is 20.9 Å². The Bertz CT molecular complexity index is 1170. The minimum Gasteiger partial charge on any atom is -0.371 e. The molecule has 0 spiro atoms. The topological polar surface area (TPSA) is 119 Å². The zero-order valence-electron chi connectivity index (χ0n) is 18.0. The predicted octanol–water partition coefficient (Wildman–Crippen LogP) is 3.07. The Balaban J connectivity index is 1.63. The van der Waals surface area contributed by atoms with E-state index in [0.29, 0.717) is 28.6 Å². The van der Waals surface area contributed by atoms with Gasteiger partial charge in [0, 0.05) is 31.0 Å². The third kappa shape index (κ3) is 5.39. The van der Waals surface area contributed by atoms with Gasteiger partial charge >= 0.3 is 0 Å². The van der Waals surface area contributed by atoms with Gasteiger partial charge < -0.3 is 20.9 Å². The van der Waals surface area contributed by atoms with Crippen molar-refractivity contribution in [1.29, 1.82) is 5.26 Å². The Hall–Kier alpha value is -4.10. The van der Waals surface area contributed by atoms with Crippen LogP contribution in [0.4, 0.5) is 27.4 Å². The van der Waals surface area contributed by atoms with Crippen LogP contribution in [0.2, 0.25) is 0 Å². The predicted molar refractivity (Wildman–Crippen MR) is 123 cm³/mol. The summed E-state index contributed by atoms with van der Waals surface area (Å²) in [5, 5.41) is 18.0. The van der Waals surface area contributed by atoms with Crippen molar-refractivity contribution in [3.63, 3.8) is 0 Å². The van der Waals surface area contributed by atoms with Gasteiger partial charge in [-0.1, -0.05) is 6.07 Å². The highest BCUT2D eigenvalue weighted by Crippen LogP contribution is 2.28. The van der Waals surface area contributed by atoms with E-state index in [0.717, 1.165) is 25.9 Å². The van der Waals surface area contributed by atoms with Gasteiger partial charge in [-0.15, -0.1) is 0 Å². The number of hydrogen-bond donors (Lipinski definition) is 3. The van der Waals surface area contributed by atoms with Crippen molar-refractivity contribution < 1.29 is 9.18 Å². The molecule has 3 aromatic rings. The molecule has 1 saturated heterocycles. The second kappa shape index (κ2) is 10.0. The first kappa shape index (κ1) is 22.1. The van der Waals surface area contributed by atoms with Gasteiger partial charge in [0.2, 0.25) is 0 Å². The van der Waals surface area contributed by atoms with E-state index in [-0.39, 0.29) is 17.6 Å². The lowest BCUT2D eigenvalue weighted by atomic mass is 10.0. The van der Waals surface area contributed by atoms with Gasteiger partial charge in [0.15, 0.2) is 5.69 Å². The maximum atomic E-state index is 13.6. The SMILES string of the molecule is CN(c1cc(Nc2cnc(C#N)cn2)ncc1C(=O)Nc1cccc(F)c1)C1CCNCC1. The van der Waals surface area contributed by atoms with Gasteiger partial charge in [0.1, 0.15) is 23.5 Å². The summed E-state index contributed by atoms with van der Waals surface area (Å²) in [6.07, 6.45) is 6.18. The largest absolute Gasteiger partial charge is 0.371 e. The Morgan fingerprint density at radius 3 is 2.64 bits per heavy atom. The number of hydrogen-bond acceptors (Lipinski definition) is 8. The summed E-state index contributed by atoms with van der Waals surface area (Å²) in [6.45, 7) is 1.80. The van der Waals surface area contributed by atoms with E-state index < -0.39 is 5.82 Å². The van der Waals surface area contributed by atoms with Crippen molar-refractivity contribution in [1.82, 2.24) is 20.3 Å². The fourth-order valence-corrected chi connectivity index (χ4v) is 3.72. The van der Waals surface area contributed by atoms with Crippen LogP contribution in [0.5, 0.6) is 0 Å². The smallest absolute Gasteiger partial charge is 0.259 e. The summed E-state index contributed by atoms with van der Waals surface area (Å²) in [5.74, 6) is 0.0932. The zero-order valence-corrected chi connectivity index (χ0v) is 18.0. The quantitative estimate of drug-likeness (QED) is 0.529. The molecular weight excluding hydrogens is 423 g/mol. The van der Waals surface area contributed by atoms with Gasteiger partial charge in [-0.3, -0.25) is 4.79 Å². The molecule has 3 heterocycles. The van der Waals surface area contributed by atoms with Crippen LogP contribution >= 0.6 is 0 Å². The number of aromatic nitrogens is 3. The third-order valence-corrected chi connectivity index (χ3v) is 5.47. The maximum Gasteiger partial charge on any atom is 0.259 e. The number of amides is 1. The van der Waals surface area contributed by atoms with Crippen molar-refractivity contribution in [2.24, 2.45) is 0 Å². The van der Waals surface area contributed by atoms with Crippen LogP contribution in [0.1, 0.15) is 28.9 Å². The van der Waals surface area contributed by atoms with E-state index in [1.54, 1.807) is 12.1 Å². The Morgan fingerprint density at radius 2 is 1.94 bits per heavy atom. The number of nitrogens with zero attached hydrogens (tertiary/aromatic N) is 5. The summed E-state index contributed by atoms with van der Waals surface area (Å²) < 4.78 is 13.6. The lowest BCUT2D eigenvalue weighted by Gasteiger charge is -2.34. The molecule has 33 heavy (non-hydrogen) atoms. The van der Waals surface area contributed by atoms with Crippen LogP contribution in [-0.2, 0) is 0 Å². The van der Waals surface area contributed by atoms with Crippen LogP contribution in [0.25, 0.3) is 0 Å². The number of anilines is 4. The molecule has 1 aromatic carbocycles. The molecule has 0 atom stereocenters. The Morgan fingerprint density at radius 1 is 1.15 bits per heavy atom. The minimum atomic E-state index is -0.430. The number of nitrogens with one attached hydrogen (secondary N) is 3. The van der Waals surface area contributed by atoms with Crippen molar-refractivity contribution in [2.75, 3.05) is 35.7 Å². The van der Waals surface area contributed by atoms with E-state index in [1.807, 2.05) is 13.1 Å². The van der Waals surface area contributed by atoms with Crippen LogP contribution in [0.3, 0.4) is 0 Å². The van der Waals surface area contributed by atoms with Gasteiger partial charge in [0.25, 0.3) is 5.91 Å². The first-order valence-corrected chi connectivity index (χ1v) is 10.5. The molecule has 9 nitrogen and oxygen atoms in total. The molecule has 0 bridgehead atoms. The molecule has 1 aliphatic heterocycles. The second-order valence-corrected chi connectivity index (χ2v) is 7.67. The Kier molecular flexibility index (Phi) is 6.71. The average molecular weight is 446 g/mol. The van der Waals surface area contributed by atoms with Crippen molar-refractivity contribution >= 4 is 28.9 Å². The molecule has 2 aromatic heterocycles. The second-order valence-electron chi connectivity index (χ2n) is 7.67. The van der Waals surface area contributed by atoms with Crippen LogP contribution in [0.15, 0.2) is 48.9 Å². The van der Waals surface area contributed by atoms with Crippen LogP contribution in [-0.4, -0.2) is 47.0 Å². The highest BCUT2D eigenvalue weighted by Gasteiger charge is 2.23. The number of halogens is 1. The summed E-state index contributed by atoms with van der Waals surface area (Å²) in [6, 6.07) is 9.70. The molecule has 4 rings (SSSR count). The van der Waals surface area contributed by atoms with Crippen molar-refractivity contribution in [2.45, 2.75) is 18.9 Å². The molecule has 1 fully saturated rings. The summed E-state index contributed by atoms with van der Waals surface area (Å²) in [7, 11) is 1.95. The number of pyridine rings is 1. The third-order valence-electron chi connectivity index (χ3n) is 5.47. The molecule has 1 amide bonds. The molecular formula is C23H23FN8O. The van der Waals surface area contributed by atoms with Gasteiger partial charge in [-0.25, -0.2) is 19.3 Å². The molecule has 168 valence electrons. The van der Waals surface area contributed by atoms with Crippen molar-refractivity contribution in [3.05, 3.63) is 66.0 Å². The highest BCUT2D eigenvalue weighted by molar-refractivity contribution is 6.08. The fourth-order valence-electron chi connectivity index (χ4n) is 3.72. The first-order chi connectivity index (χ1) is 16.0. The summed E-state index contributed by atoms with van der Waals surface area (Å²) >= 11 is 0. The average Bonchev–Trinajstić information content (AvgIpc) is 2.84. The van der Waals surface area contributed by atoms with Gasteiger partial charge in [-0.05, 0) is 44.1 Å².